The number of nitrogens with one attached hydrogen (secondary N) is 1. The van der Waals surface area contributed by atoms with Gasteiger partial charge in [0.25, 0.3) is 10.0 Å². The zero-order chi connectivity index (χ0) is 29.1. The van der Waals surface area contributed by atoms with Crippen molar-refractivity contribution < 1.29 is 22.7 Å². The van der Waals surface area contributed by atoms with Crippen molar-refractivity contribution in [1.82, 2.24) is 8.77 Å². The summed E-state index contributed by atoms with van der Waals surface area (Å²) in [7, 11) is -0.757. The number of rotatable bonds is 9. The third kappa shape index (κ3) is 6.34. The third-order valence-corrected chi connectivity index (χ3v) is 9.72. The Morgan fingerprint density at radius 3 is 2.37 bits per heavy atom. The predicted molar refractivity (Wildman–Crippen MR) is 162 cm³/mol. The maximum absolute atomic E-state index is 12.8. The van der Waals surface area contributed by atoms with Crippen LogP contribution in [-0.4, -0.2) is 37.3 Å². The molecule has 0 aliphatic rings. The fraction of sp³-hybridized carbons (Fsp3) is 0.207. The van der Waals surface area contributed by atoms with Crippen LogP contribution in [0.25, 0.3) is 16.2 Å². The molecule has 0 spiro atoms. The van der Waals surface area contributed by atoms with Crippen LogP contribution in [0.15, 0.2) is 76.0 Å². The standard InChI is InChI=1S/C29H28N4O5S3/c1-18-5-13-23(14-6-18)41(35,36)32-28-31-29-33(40-28)27(19(2)39-29)21-10-7-20(8-11-21)9-16-26(34)30-22-12-15-24(37-3)25(17-22)38-4/h5-8,10-15,17H,9,16H2,1-4H3,(H,30,34). The van der Waals surface area contributed by atoms with Crippen molar-refractivity contribution in [3.05, 3.63) is 87.5 Å². The Labute approximate surface area is 246 Å². The molecule has 3 aromatic carbocycles. The number of benzene rings is 3. The lowest BCUT2D eigenvalue weighted by Crippen LogP contribution is -2.12. The molecule has 1 N–H and O–H groups in total. The number of nitrogens with zero attached hydrogens (tertiary/aromatic N) is 3. The number of thiazole rings is 1. The highest BCUT2D eigenvalue weighted by Crippen LogP contribution is 2.32. The van der Waals surface area contributed by atoms with E-state index in [1.54, 1.807) is 56.7 Å². The van der Waals surface area contributed by atoms with E-state index < -0.39 is 10.0 Å². The molecule has 1 amide bonds. The smallest absolute Gasteiger partial charge is 0.285 e. The Morgan fingerprint density at radius 1 is 0.976 bits per heavy atom. The largest absolute Gasteiger partial charge is 0.493 e. The SMILES string of the molecule is COc1ccc(NC(=O)CCc2ccc(-c3c(C)sc4nc(=NS(=O)(=O)c5ccc(C)cc5)sn34)cc2)cc1OC. The van der Waals surface area contributed by atoms with Gasteiger partial charge in [0.1, 0.15) is 0 Å². The highest BCUT2D eigenvalue weighted by Gasteiger charge is 2.17. The summed E-state index contributed by atoms with van der Waals surface area (Å²) in [6, 6.07) is 19.8. The molecular weight excluding hydrogens is 581 g/mol. The Hall–Kier alpha value is -4.00. The van der Waals surface area contributed by atoms with E-state index in [1.165, 1.54) is 22.9 Å². The fourth-order valence-electron chi connectivity index (χ4n) is 4.25. The van der Waals surface area contributed by atoms with Crippen LogP contribution >= 0.6 is 22.9 Å². The molecule has 0 bridgehead atoms. The van der Waals surface area contributed by atoms with E-state index in [0.29, 0.717) is 35.0 Å². The van der Waals surface area contributed by atoms with E-state index in [9.17, 15) is 13.2 Å². The van der Waals surface area contributed by atoms with Crippen molar-refractivity contribution >= 4 is 49.4 Å². The first-order valence-electron chi connectivity index (χ1n) is 12.6. The fourth-order valence-corrected chi connectivity index (χ4v) is 7.48. The molecule has 0 saturated heterocycles. The normalized spacial score (nSPS) is 12.0. The number of sulfonamides is 1. The van der Waals surface area contributed by atoms with Gasteiger partial charge in [-0.15, -0.1) is 15.7 Å². The lowest BCUT2D eigenvalue weighted by Gasteiger charge is -2.10. The average Bonchev–Trinajstić information content (AvgIpc) is 3.47. The monoisotopic (exact) mass is 608 g/mol. The van der Waals surface area contributed by atoms with E-state index in [1.807, 2.05) is 41.9 Å². The number of fused-ring (bicyclic) bond motifs is 1. The van der Waals surface area contributed by atoms with Gasteiger partial charge in [-0.1, -0.05) is 42.0 Å². The summed E-state index contributed by atoms with van der Waals surface area (Å²) in [4.78, 5) is 19.1. The summed E-state index contributed by atoms with van der Waals surface area (Å²) in [5, 5.41) is 2.90. The Kier molecular flexibility index (Phi) is 8.25. The second-order valence-corrected chi connectivity index (χ2v) is 13.0. The highest BCUT2D eigenvalue weighted by molar-refractivity contribution is 7.90. The lowest BCUT2D eigenvalue weighted by atomic mass is 10.0. The zero-order valence-electron chi connectivity index (χ0n) is 22.9. The maximum Gasteiger partial charge on any atom is 0.285 e. The van der Waals surface area contributed by atoms with E-state index in [2.05, 4.69) is 14.7 Å². The van der Waals surface area contributed by atoms with Crippen molar-refractivity contribution in [3.63, 3.8) is 0 Å². The second-order valence-electron chi connectivity index (χ2n) is 9.26. The first kappa shape index (κ1) is 28.5. The van der Waals surface area contributed by atoms with Crippen LogP contribution in [0.1, 0.15) is 22.4 Å². The van der Waals surface area contributed by atoms with E-state index in [0.717, 1.165) is 27.3 Å². The van der Waals surface area contributed by atoms with Crippen LogP contribution in [0.3, 0.4) is 0 Å². The molecule has 2 heterocycles. The van der Waals surface area contributed by atoms with Crippen LogP contribution in [0, 0.1) is 13.8 Å². The van der Waals surface area contributed by atoms with Gasteiger partial charge < -0.3 is 14.8 Å². The lowest BCUT2D eigenvalue weighted by molar-refractivity contribution is -0.116. The molecule has 0 saturated carbocycles. The number of ether oxygens (including phenoxy) is 2. The number of aromatic nitrogens is 2. The molecule has 0 radical (unpaired) electrons. The van der Waals surface area contributed by atoms with Gasteiger partial charge in [0.05, 0.1) is 24.8 Å². The van der Waals surface area contributed by atoms with Gasteiger partial charge in [0.2, 0.25) is 15.7 Å². The highest BCUT2D eigenvalue weighted by atomic mass is 32.2. The first-order chi connectivity index (χ1) is 19.7. The first-order valence-corrected chi connectivity index (χ1v) is 15.7. The zero-order valence-corrected chi connectivity index (χ0v) is 25.3. The molecule has 12 heteroatoms. The van der Waals surface area contributed by atoms with Crippen LogP contribution in [0.2, 0.25) is 0 Å². The summed E-state index contributed by atoms with van der Waals surface area (Å²) in [5.74, 6) is 1.04. The van der Waals surface area contributed by atoms with Gasteiger partial charge in [-0.05, 0) is 61.6 Å². The summed E-state index contributed by atoms with van der Waals surface area (Å²) in [5.41, 5.74) is 4.54. The molecule has 9 nitrogen and oxygen atoms in total. The summed E-state index contributed by atoms with van der Waals surface area (Å²) >= 11 is 2.67. The molecule has 212 valence electrons. The molecule has 41 heavy (non-hydrogen) atoms. The number of methoxy groups -OCH3 is 2. The van der Waals surface area contributed by atoms with Gasteiger partial charge in [-0.3, -0.25) is 4.79 Å². The molecule has 5 aromatic rings. The van der Waals surface area contributed by atoms with Crippen LogP contribution in [0.4, 0.5) is 5.69 Å². The van der Waals surface area contributed by atoms with Gasteiger partial charge in [-0.25, -0.2) is 3.79 Å². The van der Waals surface area contributed by atoms with Crippen molar-refractivity contribution in [2.75, 3.05) is 19.5 Å². The number of carbonyl (C=O) groups excluding carboxylic acids is 1. The van der Waals surface area contributed by atoms with E-state index >= 15 is 0 Å². The molecule has 0 aliphatic carbocycles. The van der Waals surface area contributed by atoms with E-state index in [4.69, 9.17) is 9.47 Å². The Morgan fingerprint density at radius 2 is 1.68 bits per heavy atom. The van der Waals surface area contributed by atoms with Crippen LogP contribution in [0.5, 0.6) is 11.5 Å². The van der Waals surface area contributed by atoms with Crippen molar-refractivity contribution in [3.8, 4) is 22.8 Å². The van der Waals surface area contributed by atoms with Gasteiger partial charge in [-0.2, -0.15) is 13.4 Å². The number of carbonyl (C=O) groups is 1. The Balaban J connectivity index is 1.30. The number of anilines is 1. The third-order valence-electron chi connectivity index (χ3n) is 6.37. The average molecular weight is 609 g/mol. The molecule has 0 aliphatic heterocycles. The van der Waals surface area contributed by atoms with Crippen LogP contribution in [-0.2, 0) is 21.2 Å². The van der Waals surface area contributed by atoms with Gasteiger partial charge in [0.15, 0.2) is 11.5 Å². The van der Waals surface area contributed by atoms with Crippen molar-refractivity contribution in [2.24, 2.45) is 4.40 Å². The number of hydrogen-bond donors (Lipinski definition) is 1. The number of aryl methyl sites for hydroxylation is 3. The van der Waals surface area contributed by atoms with E-state index in [-0.39, 0.29) is 15.6 Å². The topological polar surface area (TPSA) is 111 Å². The molecule has 0 unspecified atom stereocenters. The molecule has 0 atom stereocenters. The minimum atomic E-state index is -3.87. The Bertz CT molecular complexity index is 1890. The van der Waals surface area contributed by atoms with Crippen molar-refractivity contribution in [2.45, 2.75) is 31.6 Å². The maximum atomic E-state index is 12.8. The van der Waals surface area contributed by atoms with Gasteiger partial charge >= 0.3 is 0 Å². The molecule has 0 fully saturated rings. The quantitative estimate of drug-likeness (QED) is 0.233. The minimum absolute atomic E-state index is 0.103. The summed E-state index contributed by atoms with van der Waals surface area (Å²) < 4.78 is 42.0. The summed E-state index contributed by atoms with van der Waals surface area (Å²) in [6.07, 6.45) is 0.893. The molecule has 2 aromatic heterocycles. The number of amides is 1. The summed E-state index contributed by atoms with van der Waals surface area (Å²) in [6.45, 7) is 3.90. The number of hydrogen-bond acceptors (Lipinski definition) is 8. The minimum Gasteiger partial charge on any atom is -0.493 e. The predicted octanol–water partition coefficient (Wildman–Crippen LogP) is 5.62. The van der Waals surface area contributed by atoms with Gasteiger partial charge in [0, 0.05) is 28.6 Å². The van der Waals surface area contributed by atoms with Crippen molar-refractivity contribution in [1.29, 1.82) is 0 Å². The molecule has 5 rings (SSSR count). The second kappa shape index (κ2) is 11.9. The van der Waals surface area contributed by atoms with Crippen LogP contribution < -0.4 is 19.6 Å². The molecular formula is C29H28N4O5S3.